The third kappa shape index (κ3) is 5.74. The number of fused-ring (bicyclic) bond motifs is 2. The molecule has 1 unspecified atom stereocenters. The second-order valence-electron chi connectivity index (χ2n) is 11.3. The molecule has 1 saturated heterocycles. The topological polar surface area (TPSA) is 102 Å². The smallest absolute Gasteiger partial charge is 0.225 e. The molecule has 3 atom stereocenters. The lowest BCUT2D eigenvalue weighted by Gasteiger charge is -2.37. The zero-order chi connectivity index (χ0) is 30.1. The van der Waals surface area contributed by atoms with Crippen molar-refractivity contribution >= 4 is 46.1 Å². The molecule has 5 rings (SSSR count). The molecule has 2 aromatic carbocycles. The molecular weight excluding hydrogens is 559 g/mol. The number of nitrogens with zero attached hydrogens (tertiary/aromatic N) is 5. The van der Waals surface area contributed by atoms with Crippen LogP contribution in [0, 0.1) is 11.7 Å². The van der Waals surface area contributed by atoms with Crippen LogP contribution in [0.25, 0.3) is 10.9 Å². The Balaban J connectivity index is 1.60. The van der Waals surface area contributed by atoms with E-state index in [4.69, 9.17) is 16.6 Å². The fourth-order valence-corrected chi connectivity index (χ4v) is 6.36. The summed E-state index contributed by atoms with van der Waals surface area (Å²) < 4.78 is 16.8. The molecule has 0 bridgehead atoms. The second-order valence-corrected chi connectivity index (χ2v) is 11.8. The van der Waals surface area contributed by atoms with Crippen LogP contribution in [-0.2, 0) is 16.0 Å². The highest BCUT2D eigenvalue weighted by Gasteiger charge is 2.37. The van der Waals surface area contributed by atoms with Crippen LogP contribution in [0.1, 0.15) is 49.3 Å². The van der Waals surface area contributed by atoms with E-state index in [0.29, 0.717) is 55.8 Å². The summed E-state index contributed by atoms with van der Waals surface area (Å²) in [7, 11) is 3.38. The Kier molecular flexibility index (Phi) is 8.84. The first-order valence-electron chi connectivity index (χ1n) is 14.5. The summed E-state index contributed by atoms with van der Waals surface area (Å²) in [5.41, 5.74) is 2.35. The van der Waals surface area contributed by atoms with Crippen molar-refractivity contribution < 1.29 is 19.1 Å². The van der Waals surface area contributed by atoms with E-state index in [0.717, 1.165) is 11.1 Å². The van der Waals surface area contributed by atoms with Gasteiger partial charge in [-0.1, -0.05) is 49.7 Å². The van der Waals surface area contributed by atoms with Gasteiger partial charge in [0.15, 0.2) is 5.82 Å². The SMILES string of the molecule is CCC(=O)N1CCN(c2nc(NCCC(=O)N(C)C)nc3c(F)c([C@@H]4c5ccccc5CC(O)[C@@H]4C)c(Cl)cc23)CC1. The molecule has 2 aliphatic rings. The fourth-order valence-electron chi connectivity index (χ4n) is 6.05. The quantitative estimate of drug-likeness (QED) is 0.424. The summed E-state index contributed by atoms with van der Waals surface area (Å²) in [6.45, 7) is 6.15. The van der Waals surface area contributed by atoms with E-state index in [1.54, 1.807) is 20.2 Å². The number of carbonyl (C=O) groups is 2. The first-order chi connectivity index (χ1) is 20.1. The van der Waals surface area contributed by atoms with E-state index in [1.807, 2.05) is 47.9 Å². The number of benzene rings is 2. The van der Waals surface area contributed by atoms with Gasteiger partial charge in [0.25, 0.3) is 0 Å². The maximum Gasteiger partial charge on any atom is 0.225 e. The van der Waals surface area contributed by atoms with Crippen LogP contribution in [0.2, 0.25) is 5.02 Å². The summed E-state index contributed by atoms with van der Waals surface area (Å²) >= 11 is 6.90. The van der Waals surface area contributed by atoms with Crippen molar-refractivity contribution in [2.75, 3.05) is 57.0 Å². The Morgan fingerprint density at radius 3 is 2.57 bits per heavy atom. The number of aromatic nitrogens is 2. The summed E-state index contributed by atoms with van der Waals surface area (Å²) in [5, 5.41) is 14.7. The van der Waals surface area contributed by atoms with Gasteiger partial charge in [-0.3, -0.25) is 9.59 Å². The van der Waals surface area contributed by atoms with E-state index in [2.05, 4.69) is 10.3 Å². The predicted octanol–water partition coefficient (Wildman–Crippen LogP) is 4.06. The van der Waals surface area contributed by atoms with Crippen molar-refractivity contribution in [3.8, 4) is 0 Å². The van der Waals surface area contributed by atoms with Crippen molar-refractivity contribution in [2.24, 2.45) is 5.92 Å². The zero-order valence-corrected chi connectivity index (χ0v) is 25.3. The number of anilines is 2. The Hall–Kier alpha value is -3.50. The molecule has 1 aromatic heterocycles. The third-order valence-corrected chi connectivity index (χ3v) is 8.83. The van der Waals surface area contributed by atoms with Crippen molar-refractivity contribution in [2.45, 2.75) is 45.1 Å². The lowest BCUT2D eigenvalue weighted by atomic mass is 9.71. The lowest BCUT2D eigenvalue weighted by molar-refractivity contribution is -0.131. The Morgan fingerprint density at radius 1 is 1.17 bits per heavy atom. The second kappa shape index (κ2) is 12.4. The average molecular weight is 597 g/mol. The number of aliphatic hydroxyl groups is 1. The highest BCUT2D eigenvalue weighted by Crippen LogP contribution is 2.46. The number of hydrogen-bond acceptors (Lipinski definition) is 7. The number of aliphatic hydroxyl groups excluding tert-OH is 1. The van der Waals surface area contributed by atoms with Crippen LogP contribution in [0.15, 0.2) is 30.3 Å². The molecule has 224 valence electrons. The molecule has 2 N–H and O–H groups in total. The fraction of sp³-hybridized carbons (Fsp3) is 0.484. The molecule has 0 saturated carbocycles. The van der Waals surface area contributed by atoms with Crippen molar-refractivity contribution in [3.05, 3.63) is 57.9 Å². The molecule has 2 heterocycles. The van der Waals surface area contributed by atoms with Gasteiger partial charge in [-0.2, -0.15) is 4.98 Å². The maximum absolute atomic E-state index is 16.8. The summed E-state index contributed by atoms with van der Waals surface area (Å²) in [5.74, 6) is -0.506. The van der Waals surface area contributed by atoms with Gasteiger partial charge in [0, 0.05) is 81.6 Å². The minimum atomic E-state index is -0.648. The molecule has 1 fully saturated rings. The number of carbonyl (C=O) groups excluding carboxylic acids is 2. The molecule has 42 heavy (non-hydrogen) atoms. The number of amides is 2. The first kappa shape index (κ1) is 30.0. The van der Waals surface area contributed by atoms with Gasteiger partial charge in [0.05, 0.1) is 6.10 Å². The summed E-state index contributed by atoms with van der Waals surface area (Å²) in [4.78, 5) is 39.1. The minimum absolute atomic E-state index is 0.0519. The molecule has 1 aliphatic heterocycles. The van der Waals surface area contributed by atoms with Gasteiger partial charge in [-0.25, -0.2) is 9.37 Å². The molecule has 2 amide bonds. The number of halogens is 2. The monoisotopic (exact) mass is 596 g/mol. The molecule has 0 spiro atoms. The zero-order valence-electron chi connectivity index (χ0n) is 24.5. The van der Waals surface area contributed by atoms with Gasteiger partial charge >= 0.3 is 0 Å². The lowest BCUT2D eigenvalue weighted by Crippen LogP contribution is -2.49. The number of piperazine rings is 1. The van der Waals surface area contributed by atoms with Gasteiger partial charge < -0.3 is 25.1 Å². The average Bonchev–Trinajstić information content (AvgIpc) is 2.98. The Morgan fingerprint density at radius 2 is 1.88 bits per heavy atom. The number of rotatable bonds is 7. The van der Waals surface area contributed by atoms with E-state index in [1.165, 1.54) is 4.90 Å². The first-order valence-corrected chi connectivity index (χ1v) is 14.9. The Labute approximate surface area is 250 Å². The maximum atomic E-state index is 16.8. The molecule has 9 nitrogen and oxygen atoms in total. The normalized spacial score (nSPS) is 20.4. The highest BCUT2D eigenvalue weighted by atomic mass is 35.5. The van der Waals surface area contributed by atoms with Crippen LogP contribution in [-0.4, -0.2) is 89.6 Å². The van der Waals surface area contributed by atoms with Crippen LogP contribution >= 0.6 is 11.6 Å². The van der Waals surface area contributed by atoms with Crippen LogP contribution < -0.4 is 10.2 Å². The molecule has 3 aromatic rings. The van der Waals surface area contributed by atoms with Gasteiger partial charge in [0.2, 0.25) is 17.8 Å². The van der Waals surface area contributed by atoms with E-state index in [-0.39, 0.29) is 47.2 Å². The molecule has 11 heteroatoms. The molecular formula is C31H38ClFN6O3. The third-order valence-electron chi connectivity index (χ3n) is 8.52. The van der Waals surface area contributed by atoms with E-state index < -0.39 is 17.8 Å². The number of hydrogen-bond donors (Lipinski definition) is 2. The van der Waals surface area contributed by atoms with Crippen LogP contribution in [0.3, 0.4) is 0 Å². The van der Waals surface area contributed by atoms with Crippen molar-refractivity contribution in [1.82, 2.24) is 19.8 Å². The van der Waals surface area contributed by atoms with Gasteiger partial charge in [0.1, 0.15) is 11.3 Å². The standard InChI is InChI=1S/C31H38ClFN6O3/c1-5-24(41)38-12-14-39(15-13-38)30-21-17-22(32)27(26-18(2)23(40)16-19-8-6-7-9-20(19)26)28(33)29(21)35-31(36-30)34-11-10-25(42)37(3)4/h6-9,17-18,23,26,40H,5,10-16H2,1-4H3,(H,34,35,36)/t18-,23?,26-/m0/s1. The van der Waals surface area contributed by atoms with Crippen LogP contribution in [0.4, 0.5) is 16.2 Å². The van der Waals surface area contributed by atoms with E-state index >= 15 is 4.39 Å². The number of nitrogens with one attached hydrogen (secondary N) is 1. The minimum Gasteiger partial charge on any atom is -0.392 e. The van der Waals surface area contributed by atoms with Crippen LogP contribution in [0.5, 0.6) is 0 Å². The Bertz CT molecular complexity index is 1490. The predicted molar refractivity (Wildman–Crippen MR) is 163 cm³/mol. The largest absolute Gasteiger partial charge is 0.392 e. The van der Waals surface area contributed by atoms with E-state index in [9.17, 15) is 14.7 Å². The van der Waals surface area contributed by atoms with Crippen molar-refractivity contribution in [3.63, 3.8) is 0 Å². The molecule has 1 aliphatic carbocycles. The van der Waals surface area contributed by atoms with Gasteiger partial charge in [-0.05, 0) is 29.5 Å². The summed E-state index contributed by atoms with van der Waals surface area (Å²) in [6, 6.07) is 9.50. The summed E-state index contributed by atoms with van der Waals surface area (Å²) in [6.07, 6.45) is 0.520. The van der Waals surface area contributed by atoms with Gasteiger partial charge in [-0.15, -0.1) is 0 Å². The highest BCUT2D eigenvalue weighted by molar-refractivity contribution is 6.32. The molecule has 0 radical (unpaired) electrons. The van der Waals surface area contributed by atoms with Crippen molar-refractivity contribution in [1.29, 1.82) is 0 Å².